The van der Waals surface area contributed by atoms with E-state index in [1.165, 1.54) is 0 Å². The fourth-order valence-corrected chi connectivity index (χ4v) is 1.81. The summed E-state index contributed by atoms with van der Waals surface area (Å²) in [5.41, 5.74) is 1.50. The normalized spacial score (nSPS) is 12.3. The molecule has 0 fully saturated rings. The highest BCUT2D eigenvalue weighted by Gasteiger charge is 2.14. The van der Waals surface area contributed by atoms with Crippen LogP contribution in [0.4, 0.5) is 10.5 Å². The fraction of sp³-hybridized carbons (Fsp3) is 0.500. The van der Waals surface area contributed by atoms with Crippen LogP contribution in [0.15, 0.2) is 24.3 Å². The van der Waals surface area contributed by atoms with Gasteiger partial charge in [0.15, 0.2) is 0 Å². The van der Waals surface area contributed by atoms with Gasteiger partial charge in [0, 0.05) is 18.3 Å². The first-order chi connectivity index (χ1) is 8.45. The van der Waals surface area contributed by atoms with Gasteiger partial charge in [-0.3, -0.25) is 0 Å². The Labute approximate surface area is 109 Å². The van der Waals surface area contributed by atoms with Crippen LogP contribution in [-0.2, 0) is 0 Å². The summed E-state index contributed by atoms with van der Waals surface area (Å²) < 4.78 is 0. The average molecular weight is 250 g/mol. The molecule has 1 unspecified atom stereocenters. The van der Waals surface area contributed by atoms with E-state index in [9.17, 15) is 9.90 Å². The molecule has 2 amide bonds. The van der Waals surface area contributed by atoms with Gasteiger partial charge >= 0.3 is 6.03 Å². The van der Waals surface area contributed by atoms with Crippen LogP contribution in [0.2, 0.25) is 0 Å². The summed E-state index contributed by atoms with van der Waals surface area (Å²) in [6.45, 7) is 8.28. The van der Waals surface area contributed by atoms with Gasteiger partial charge in [-0.15, -0.1) is 0 Å². The summed E-state index contributed by atoms with van der Waals surface area (Å²) in [4.78, 5) is 13.8. The van der Waals surface area contributed by atoms with E-state index >= 15 is 0 Å². The second-order valence-corrected chi connectivity index (χ2v) is 4.61. The molecular weight excluding hydrogens is 228 g/mol. The predicted molar refractivity (Wildman–Crippen MR) is 73.6 cm³/mol. The second kappa shape index (κ2) is 6.40. The molecule has 100 valence electrons. The highest BCUT2D eigenvalue weighted by atomic mass is 16.3. The van der Waals surface area contributed by atoms with Crippen LogP contribution in [0.5, 0.6) is 0 Å². The SMILES string of the molecule is CCN(C(=O)Nc1cccc(C(C)O)c1)C(C)C. The van der Waals surface area contributed by atoms with Gasteiger partial charge in [0.1, 0.15) is 0 Å². The van der Waals surface area contributed by atoms with Crippen molar-refractivity contribution in [3.05, 3.63) is 29.8 Å². The van der Waals surface area contributed by atoms with Crippen LogP contribution in [-0.4, -0.2) is 28.6 Å². The zero-order chi connectivity index (χ0) is 13.7. The topological polar surface area (TPSA) is 52.6 Å². The fourth-order valence-electron chi connectivity index (χ4n) is 1.81. The van der Waals surface area contributed by atoms with Gasteiger partial charge in [0.25, 0.3) is 0 Å². The van der Waals surface area contributed by atoms with Crippen molar-refractivity contribution in [1.29, 1.82) is 0 Å². The molecule has 0 saturated carbocycles. The van der Waals surface area contributed by atoms with Gasteiger partial charge in [0.05, 0.1) is 6.10 Å². The molecule has 1 aromatic rings. The average Bonchev–Trinajstić information content (AvgIpc) is 2.29. The standard InChI is InChI=1S/C14H22N2O2/c1-5-16(10(2)3)14(18)15-13-8-6-7-12(9-13)11(4)17/h6-11,17H,5H2,1-4H3,(H,15,18). The number of hydrogen-bond acceptors (Lipinski definition) is 2. The number of hydrogen-bond donors (Lipinski definition) is 2. The van der Waals surface area contributed by atoms with Gasteiger partial charge in [-0.2, -0.15) is 0 Å². The number of benzene rings is 1. The Hall–Kier alpha value is -1.55. The summed E-state index contributed by atoms with van der Waals surface area (Å²) >= 11 is 0. The van der Waals surface area contributed by atoms with Gasteiger partial charge < -0.3 is 15.3 Å². The van der Waals surface area contributed by atoms with Crippen molar-refractivity contribution in [2.75, 3.05) is 11.9 Å². The van der Waals surface area contributed by atoms with Crippen molar-refractivity contribution >= 4 is 11.7 Å². The van der Waals surface area contributed by atoms with E-state index in [2.05, 4.69) is 5.32 Å². The lowest BCUT2D eigenvalue weighted by atomic mass is 10.1. The number of carbonyl (C=O) groups is 1. The highest BCUT2D eigenvalue weighted by molar-refractivity contribution is 5.89. The number of aliphatic hydroxyl groups is 1. The Balaban J connectivity index is 2.78. The summed E-state index contributed by atoms with van der Waals surface area (Å²) in [5.74, 6) is 0. The van der Waals surface area contributed by atoms with E-state index in [1.54, 1.807) is 17.9 Å². The maximum atomic E-state index is 12.0. The van der Waals surface area contributed by atoms with E-state index in [1.807, 2.05) is 39.0 Å². The zero-order valence-corrected chi connectivity index (χ0v) is 11.5. The van der Waals surface area contributed by atoms with Crippen molar-refractivity contribution < 1.29 is 9.90 Å². The predicted octanol–water partition coefficient (Wildman–Crippen LogP) is 3.00. The number of nitrogens with one attached hydrogen (secondary N) is 1. The lowest BCUT2D eigenvalue weighted by Gasteiger charge is -2.25. The van der Waals surface area contributed by atoms with Crippen molar-refractivity contribution in [3.8, 4) is 0 Å². The lowest BCUT2D eigenvalue weighted by Crippen LogP contribution is -2.39. The summed E-state index contributed by atoms with van der Waals surface area (Å²) in [6, 6.07) is 7.31. The molecule has 0 saturated heterocycles. The summed E-state index contributed by atoms with van der Waals surface area (Å²) in [5, 5.41) is 12.3. The third kappa shape index (κ3) is 3.74. The minimum Gasteiger partial charge on any atom is -0.389 e. The molecule has 1 atom stereocenters. The lowest BCUT2D eigenvalue weighted by molar-refractivity contribution is 0.198. The molecule has 0 heterocycles. The van der Waals surface area contributed by atoms with Crippen molar-refractivity contribution in [2.45, 2.75) is 39.8 Å². The first-order valence-electron chi connectivity index (χ1n) is 6.31. The van der Waals surface area contributed by atoms with Crippen LogP contribution in [0, 0.1) is 0 Å². The Kier molecular flexibility index (Phi) is 5.16. The molecule has 0 bridgehead atoms. The van der Waals surface area contributed by atoms with Crippen LogP contribution >= 0.6 is 0 Å². The van der Waals surface area contributed by atoms with Crippen LogP contribution in [0.3, 0.4) is 0 Å². The Bertz CT molecular complexity index is 403. The molecule has 4 heteroatoms. The highest BCUT2D eigenvalue weighted by Crippen LogP contribution is 2.17. The third-order valence-corrected chi connectivity index (χ3v) is 2.85. The summed E-state index contributed by atoms with van der Waals surface area (Å²) in [6.07, 6.45) is -0.533. The van der Waals surface area contributed by atoms with Crippen molar-refractivity contribution in [2.24, 2.45) is 0 Å². The van der Waals surface area contributed by atoms with Gasteiger partial charge in [-0.05, 0) is 45.4 Å². The molecule has 4 nitrogen and oxygen atoms in total. The molecule has 0 spiro atoms. The molecule has 2 N–H and O–H groups in total. The zero-order valence-electron chi connectivity index (χ0n) is 11.5. The van der Waals surface area contributed by atoms with Crippen molar-refractivity contribution in [3.63, 3.8) is 0 Å². The van der Waals surface area contributed by atoms with Gasteiger partial charge in [0.2, 0.25) is 0 Å². The number of rotatable bonds is 4. The molecule has 0 aliphatic carbocycles. The summed E-state index contributed by atoms with van der Waals surface area (Å²) in [7, 11) is 0. The van der Waals surface area contributed by atoms with Crippen molar-refractivity contribution in [1.82, 2.24) is 4.90 Å². The van der Waals surface area contributed by atoms with E-state index in [0.29, 0.717) is 12.2 Å². The van der Waals surface area contributed by atoms with E-state index < -0.39 is 6.10 Å². The number of nitrogens with zero attached hydrogens (tertiary/aromatic N) is 1. The van der Waals surface area contributed by atoms with E-state index in [4.69, 9.17) is 0 Å². The number of anilines is 1. The van der Waals surface area contributed by atoms with Gasteiger partial charge in [-0.1, -0.05) is 12.1 Å². The number of aliphatic hydroxyl groups excluding tert-OH is 1. The molecule has 0 radical (unpaired) electrons. The molecular formula is C14H22N2O2. The van der Waals surface area contributed by atoms with E-state index in [-0.39, 0.29) is 12.1 Å². The number of urea groups is 1. The Morgan fingerprint density at radius 2 is 2.06 bits per heavy atom. The number of carbonyl (C=O) groups excluding carboxylic acids is 1. The monoisotopic (exact) mass is 250 g/mol. The molecule has 0 aliphatic heterocycles. The first-order valence-corrected chi connectivity index (χ1v) is 6.31. The first kappa shape index (κ1) is 14.5. The third-order valence-electron chi connectivity index (χ3n) is 2.85. The number of amides is 2. The molecule has 0 aromatic heterocycles. The van der Waals surface area contributed by atoms with E-state index in [0.717, 1.165) is 5.56 Å². The molecule has 1 rings (SSSR count). The largest absolute Gasteiger partial charge is 0.389 e. The minimum absolute atomic E-state index is 0.116. The molecule has 1 aromatic carbocycles. The second-order valence-electron chi connectivity index (χ2n) is 4.61. The molecule has 0 aliphatic rings. The Morgan fingerprint density at radius 3 is 2.56 bits per heavy atom. The molecule has 18 heavy (non-hydrogen) atoms. The maximum Gasteiger partial charge on any atom is 0.322 e. The van der Waals surface area contributed by atoms with Crippen LogP contribution < -0.4 is 5.32 Å². The minimum atomic E-state index is -0.533. The maximum absolute atomic E-state index is 12.0. The Morgan fingerprint density at radius 1 is 1.39 bits per heavy atom. The quantitative estimate of drug-likeness (QED) is 0.863. The smallest absolute Gasteiger partial charge is 0.322 e. The van der Waals surface area contributed by atoms with Gasteiger partial charge in [-0.25, -0.2) is 4.79 Å². The van der Waals surface area contributed by atoms with Crippen LogP contribution in [0.1, 0.15) is 39.4 Å². The van der Waals surface area contributed by atoms with Crippen LogP contribution in [0.25, 0.3) is 0 Å².